The maximum absolute atomic E-state index is 12.4. The molecule has 2 aromatic carbocycles. The third-order valence-corrected chi connectivity index (χ3v) is 5.56. The Morgan fingerprint density at radius 1 is 1.00 bits per heavy atom. The fourth-order valence-electron chi connectivity index (χ4n) is 3.80. The molecule has 1 N–H and O–H groups in total. The van der Waals surface area contributed by atoms with Gasteiger partial charge in [-0.1, -0.05) is 24.3 Å². The molecule has 0 aliphatic carbocycles. The van der Waals surface area contributed by atoms with Crippen molar-refractivity contribution in [2.45, 2.75) is 6.42 Å². The lowest BCUT2D eigenvalue weighted by Crippen LogP contribution is -2.47. The molecule has 2 heterocycles. The molecule has 3 aromatic rings. The summed E-state index contributed by atoms with van der Waals surface area (Å²) in [5.41, 5.74) is 2.07. The van der Waals surface area contributed by atoms with Crippen molar-refractivity contribution in [2.24, 2.45) is 0 Å². The zero-order valence-electron chi connectivity index (χ0n) is 17.8. The largest absolute Gasteiger partial charge is 0.369 e. The number of piperazine rings is 1. The van der Waals surface area contributed by atoms with Crippen molar-refractivity contribution in [2.75, 3.05) is 44.2 Å². The number of aromatic nitrogens is 2. The molecule has 166 valence electrons. The highest BCUT2D eigenvalue weighted by molar-refractivity contribution is 5.92. The number of nitro groups is 1. The minimum absolute atomic E-state index is 0.0198. The summed E-state index contributed by atoms with van der Waals surface area (Å²) in [4.78, 5) is 27.7. The van der Waals surface area contributed by atoms with Crippen LogP contribution >= 0.6 is 0 Å². The molecule has 0 radical (unpaired) electrons. The smallest absolute Gasteiger partial charge is 0.271 e. The van der Waals surface area contributed by atoms with E-state index in [-0.39, 0.29) is 17.3 Å². The van der Waals surface area contributed by atoms with E-state index in [0.29, 0.717) is 12.2 Å². The van der Waals surface area contributed by atoms with Gasteiger partial charge in [0.2, 0.25) is 0 Å². The van der Waals surface area contributed by atoms with Gasteiger partial charge in [0.15, 0.2) is 5.69 Å². The van der Waals surface area contributed by atoms with Gasteiger partial charge in [-0.3, -0.25) is 19.8 Å². The maximum atomic E-state index is 12.4. The number of nitro benzene ring substituents is 1. The van der Waals surface area contributed by atoms with Crippen LogP contribution in [0.1, 0.15) is 16.9 Å². The van der Waals surface area contributed by atoms with E-state index in [9.17, 15) is 14.9 Å². The van der Waals surface area contributed by atoms with Gasteiger partial charge in [-0.15, -0.1) is 0 Å². The van der Waals surface area contributed by atoms with Crippen LogP contribution in [0.4, 0.5) is 11.4 Å². The predicted octanol–water partition coefficient (Wildman–Crippen LogP) is 2.72. The molecule has 4 rings (SSSR count). The van der Waals surface area contributed by atoms with Gasteiger partial charge < -0.3 is 10.2 Å². The summed E-state index contributed by atoms with van der Waals surface area (Å²) in [6, 6.07) is 18.2. The summed E-state index contributed by atoms with van der Waals surface area (Å²) in [5, 5.41) is 18.1. The fraction of sp³-hybridized carbons (Fsp3) is 0.304. The van der Waals surface area contributed by atoms with E-state index >= 15 is 0 Å². The Morgan fingerprint density at radius 2 is 1.75 bits per heavy atom. The zero-order chi connectivity index (χ0) is 22.3. The van der Waals surface area contributed by atoms with E-state index < -0.39 is 4.92 Å². The van der Waals surface area contributed by atoms with Gasteiger partial charge in [0.1, 0.15) is 0 Å². The zero-order valence-corrected chi connectivity index (χ0v) is 17.8. The van der Waals surface area contributed by atoms with Crippen LogP contribution in [0.2, 0.25) is 0 Å². The van der Waals surface area contributed by atoms with Crippen molar-refractivity contribution >= 4 is 17.3 Å². The average Bonchev–Trinajstić information content (AvgIpc) is 3.33. The van der Waals surface area contributed by atoms with Crippen LogP contribution in [0.3, 0.4) is 0 Å². The van der Waals surface area contributed by atoms with Gasteiger partial charge in [-0.05, 0) is 37.2 Å². The number of benzene rings is 2. The number of nitrogens with zero attached hydrogens (tertiary/aromatic N) is 5. The number of carbonyl (C=O) groups is 1. The first kappa shape index (κ1) is 21.5. The summed E-state index contributed by atoms with van der Waals surface area (Å²) in [6.07, 6.45) is 2.49. The first-order valence-corrected chi connectivity index (χ1v) is 10.7. The lowest BCUT2D eigenvalue weighted by atomic mass is 10.2. The molecule has 1 aliphatic heterocycles. The summed E-state index contributed by atoms with van der Waals surface area (Å²) < 4.78 is 1.47. The number of non-ortho nitro benzene ring substituents is 1. The molecule has 1 saturated heterocycles. The highest BCUT2D eigenvalue weighted by atomic mass is 16.6. The molecule has 9 nitrogen and oxygen atoms in total. The lowest BCUT2D eigenvalue weighted by Gasteiger charge is -2.36. The number of carbonyl (C=O) groups excluding carboxylic acids is 1. The second kappa shape index (κ2) is 10.1. The van der Waals surface area contributed by atoms with Crippen LogP contribution < -0.4 is 10.2 Å². The van der Waals surface area contributed by atoms with Crippen molar-refractivity contribution in [3.05, 3.63) is 82.7 Å². The molecule has 0 bridgehead atoms. The van der Waals surface area contributed by atoms with Gasteiger partial charge in [0, 0.05) is 56.7 Å². The van der Waals surface area contributed by atoms with Crippen LogP contribution in [0, 0.1) is 10.1 Å². The molecule has 0 unspecified atom stereocenters. The van der Waals surface area contributed by atoms with Crippen molar-refractivity contribution in [3.63, 3.8) is 0 Å². The summed E-state index contributed by atoms with van der Waals surface area (Å²) in [6.45, 7) is 5.54. The standard InChI is InChI=1S/C23H26N6O3/c30-23(22-10-13-28(25-22)20-8-4-9-21(18-20)29(31)32)24-11-5-12-26-14-16-27(17-15-26)19-6-2-1-3-7-19/h1-4,6-10,13,18H,5,11-12,14-17H2,(H,24,30). The van der Waals surface area contributed by atoms with E-state index in [0.717, 1.165) is 39.1 Å². The van der Waals surface area contributed by atoms with Crippen molar-refractivity contribution in [1.82, 2.24) is 20.0 Å². The molecule has 32 heavy (non-hydrogen) atoms. The SMILES string of the molecule is O=C(NCCCN1CCN(c2ccccc2)CC1)c1ccn(-c2cccc([N+](=O)[O-])c2)n1. The van der Waals surface area contributed by atoms with Crippen LogP contribution in [0.5, 0.6) is 0 Å². The highest BCUT2D eigenvalue weighted by Gasteiger charge is 2.17. The van der Waals surface area contributed by atoms with Gasteiger partial charge >= 0.3 is 0 Å². The number of amides is 1. The van der Waals surface area contributed by atoms with Gasteiger partial charge in [0.25, 0.3) is 11.6 Å². The third-order valence-electron chi connectivity index (χ3n) is 5.56. The Balaban J connectivity index is 1.20. The summed E-state index contributed by atoms with van der Waals surface area (Å²) >= 11 is 0. The first-order valence-electron chi connectivity index (χ1n) is 10.7. The quantitative estimate of drug-likeness (QED) is 0.333. The lowest BCUT2D eigenvalue weighted by molar-refractivity contribution is -0.384. The van der Waals surface area contributed by atoms with E-state index in [1.807, 2.05) is 6.07 Å². The van der Waals surface area contributed by atoms with Crippen LogP contribution in [-0.4, -0.2) is 64.8 Å². The second-order valence-electron chi connectivity index (χ2n) is 7.70. The number of hydrogen-bond acceptors (Lipinski definition) is 6. The second-order valence-corrected chi connectivity index (χ2v) is 7.70. The monoisotopic (exact) mass is 434 g/mol. The fourth-order valence-corrected chi connectivity index (χ4v) is 3.80. The molecule has 1 fully saturated rings. The van der Waals surface area contributed by atoms with Crippen LogP contribution in [-0.2, 0) is 0 Å². The molecule has 9 heteroatoms. The molecule has 1 aliphatic rings. The number of rotatable bonds is 8. The predicted molar refractivity (Wildman–Crippen MR) is 122 cm³/mol. The summed E-state index contributed by atoms with van der Waals surface area (Å²) in [7, 11) is 0. The van der Waals surface area contributed by atoms with Crippen molar-refractivity contribution < 1.29 is 9.72 Å². The number of para-hydroxylation sites is 1. The third kappa shape index (κ3) is 5.30. The summed E-state index contributed by atoms with van der Waals surface area (Å²) in [5.74, 6) is -0.247. The molecule has 0 atom stereocenters. The van der Waals surface area contributed by atoms with Crippen LogP contribution in [0.25, 0.3) is 5.69 Å². The highest BCUT2D eigenvalue weighted by Crippen LogP contribution is 2.17. The minimum Gasteiger partial charge on any atom is -0.369 e. The molecular weight excluding hydrogens is 408 g/mol. The van der Waals surface area contributed by atoms with E-state index in [2.05, 4.69) is 44.5 Å². The minimum atomic E-state index is -0.456. The normalized spacial score (nSPS) is 14.3. The number of anilines is 1. The Kier molecular flexibility index (Phi) is 6.76. The topological polar surface area (TPSA) is 96.5 Å². The average molecular weight is 435 g/mol. The molecular formula is C23H26N6O3. The Morgan fingerprint density at radius 3 is 2.50 bits per heavy atom. The van der Waals surface area contributed by atoms with Gasteiger partial charge in [-0.2, -0.15) is 5.10 Å². The molecule has 1 aromatic heterocycles. The Bertz CT molecular complexity index is 1060. The molecule has 1 amide bonds. The molecule has 0 saturated carbocycles. The van der Waals surface area contributed by atoms with Crippen LogP contribution in [0.15, 0.2) is 66.9 Å². The van der Waals surface area contributed by atoms with Gasteiger partial charge in [-0.25, -0.2) is 4.68 Å². The number of nitrogens with one attached hydrogen (secondary N) is 1. The Labute approximate surface area is 186 Å². The van der Waals surface area contributed by atoms with Crippen molar-refractivity contribution in [1.29, 1.82) is 0 Å². The first-order chi connectivity index (χ1) is 15.6. The Hall–Kier alpha value is -3.72. The number of hydrogen-bond donors (Lipinski definition) is 1. The molecule has 0 spiro atoms. The van der Waals surface area contributed by atoms with Gasteiger partial charge in [0.05, 0.1) is 10.6 Å². The maximum Gasteiger partial charge on any atom is 0.271 e. The van der Waals surface area contributed by atoms with E-state index in [4.69, 9.17) is 0 Å². The van der Waals surface area contributed by atoms with E-state index in [1.165, 1.54) is 22.5 Å². The van der Waals surface area contributed by atoms with Crippen molar-refractivity contribution in [3.8, 4) is 5.69 Å². The van der Waals surface area contributed by atoms with E-state index in [1.54, 1.807) is 24.4 Å².